The van der Waals surface area contributed by atoms with Crippen LogP contribution in [0.25, 0.3) is 11.0 Å². The van der Waals surface area contributed by atoms with Gasteiger partial charge in [-0.1, -0.05) is 0 Å². The Bertz CT molecular complexity index is 1350. The summed E-state index contributed by atoms with van der Waals surface area (Å²) in [5.74, 6) is -0.542. The van der Waals surface area contributed by atoms with Crippen LogP contribution in [0.1, 0.15) is 47.1 Å². The van der Waals surface area contributed by atoms with Crippen molar-refractivity contribution in [2.24, 2.45) is 0 Å². The Kier molecular flexibility index (Phi) is 5.68. The van der Waals surface area contributed by atoms with Crippen molar-refractivity contribution in [3.63, 3.8) is 0 Å². The standard InChI is InChI=1S/C23H19N7O2/c1-14(2)30-12-20(19-11-26-13-28-23(19)30)22(32)16-5-18(10-25-9-16)29-21(31)6-17-4-3-15(7-24)8-27-17/h3-5,8-14H,6H2,1-2H3,(H,29,31). The first kappa shape index (κ1) is 20.8. The van der Waals surface area contributed by atoms with Gasteiger partial charge in [-0.15, -0.1) is 0 Å². The lowest BCUT2D eigenvalue weighted by Gasteiger charge is -2.07. The maximum absolute atomic E-state index is 13.2. The molecule has 0 spiro atoms. The topological polar surface area (TPSA) is 126 Å². The molecule has 1 N–H and O–H groups in total. The molecule has 9 heteroatoms. The Hall–Kier alpha value is -4.45. The highest BCUT2D eigenvalue weighted by Crippen LogP contribution is 2.25. The Balaban J connectivity index is 1.55. The van der Waals surface area contributed by atoms with Crippen molar-refractivity contribution in [3.8, 4) is 6.07 Å². The van der Waals surface area contributed by atoms with Gasteiger partial charge in [-0.2, -0.15) is 5.26 Å². The third-order valence-electron chi connectivity index (χ3n) is 4.87. The molecule has 158 valence electrons. The molecule has 0 aliphatic rings. The second kappa shape index (κ2) is 8.73. The van der Waals surface area contributed by atoms with E-state index in [1.165, 1.54) is 24.9 Å². The minimum atomic E-state index is -0.307. The summed E-state index contributed by atoms with van der Waals surface area (Å²) in [5, 5.41) is 12.2. The van der Waals surface area contributed by atoms with Crippen LogP contribution < -0.4 is 5.32 Å². The van der Waals surface area contributed by atoms with Crippen molar-refractivity contribution >= 4 is 28.4 Å². The first-order valence-electron chi connectivity index (χ1n) is 9.91. The van der Waals surface area contributed by atoms with Crippen LogP contribution in [0, 0.1) is 11.3 Å². The predicted octanol–water partition coefficient (Wildman–Crippen LogP) is 3.09. The van der Waals surface area contributed by atoms with Crippen molar-refractivity contribution < 1.29 is 9.59 Å². The molecule has 0 aliphatic carbocycles. The molecule has 1 amide bonds. The summed E-state index contributed by atoms with van der Waals surface area (Å²) >= 11 is 0. The third-order valence-corrected chi connectivity index (χ3v) is 4.87. The SMILES string of the molecule is CC(C)n1cc(C(=O)c2cncc(NC(=O)Cc3ccc(C#N)cn3)c2)c2cncnc21. The van der Waals surface area contributed by atoms with Crippen molar-refractivity contribution in [1.82, 2.24) is 24.5 Å². The molecule has 4 rings (SSSR count). The zero-order valence-electron chi connectivity index (χ0n) is 17.5. The Morgan fingerprint density at radius 2 is 1.97 bits per heavy atom. The van der Waals surface area contributed by atoms with Gasteiger partial charge in [-0.05, 0) is 32.0 Å². The highest BCUT2D eigenvalue weighted by Gasteiger charge is 2.19. The van der Waals surface area contributed by atoms with Crippen LogP contribution in [0.5, 0.6) is 0 Å². The van der Waals surface area contributed by atoms with E-state index in [9.17, 15) is 9.59 Å². The van der Waals surface area contributed by atoms with Gasteiger partial charge in [0.2, 0.25) is 5.91 Å². The second-order valence-electron chi connectivity index (χ2n) is 7.47. The molecule has 0 bridgehead atoms. The number of carbonyl (C=O) groups is 2. The van der Waals surface area contributed by atoms with Gasteiger partial charge in [-0.3, -0.25) is 19.6 Å². The van der Waals surface area contributed by atoms with Crippen LogP contribution in [-0.4, -0.2) is 36.2 Å². The summed E-state index contributed by atoms with van der Waals surface area (Å²) in [7, 11) is 0. The molecular weight excluding hydrogens is 406 g/mol. The van der Waals surface area contributed by atoms with Crippen molar-refractivity contribution in [2.45, 2.75) is 26.3 Å². The van der Waals surface area contributed by atoms with E-state index >= 15 is 0 Å². The lowest BCUT2D eigenvalue weighted by atomic mass is 10.1. The quantitative estimate of drug-likeness (QED) is 0.470. The molecule has 0 radical (unpaired) electrons. The molecule has 0 saturated carbocycles. The molecule has 0 fully saturated rings. The van der Waals surface area contributed by atoms with E-state index < -0.39 is 0 Å². The summed E-state index contributed by atoms with van der Waals surface area (Å²) in [5.41, 5.74) is 2.85. The third kappa shape index (κ3) is 4.20. The van der Waals surface area contributed by atoms with Crippen LogP contribution in [0.3, 0.4) is 0 Å². The highest BCUT2D eigenvalue weighted by molar-refractivity contribution is 6.16. The number of amides is 1. The van der Waals surface area contributed by atoms with Crippen LogP contribution in [0.15, 0.2) is 55.5 Å². The van der Waals surface area contributed by atoms with Crippen LogP contribution >= 0.6 is 0 Å². The van der Waals surface area contributed by atoms with Crippen molar-refractivity contribution in [1.29, 1.82) is 5.26 Å². The van der Waals surface area contributed by atoms with Gasteiger partial charge in [0.05, 0.1) is 29.4 Å². The van der Waals surface area contributed by atoms with E-state index in [0.29, 0.717) is 39.1 Å². The normalized spacial score (nSPS) is 10.8. The Labute approximate surface area is 183 Å². The molecule has 4 heterocycles. The molecule has 4 aromatic heterocycles. The number of hydrogen-bond acceptors (Lipinski definition) is 7. The fraction of sp³-hybridized carbons (Fsp3) is 0.174. The lowest BCUT2D eigenvalue weighted by Crippen LogP contribution is -2.16. The van der Waals surface area contributed by atoms with E-state index in [-0.39, 0.29) is 24.2 Å². The van der Waals surface area contributed by atoms with Gasteiger partial charge in [0, 0.05) is 47.5 Å². The zero-order valence-corrected chi connectivity index (χ0v) is 17.5. The lowest BCUT2D eigenvalue weighted by molar-refractivity contribution is -0.115. The number of anilines is 1. The fourth-order valence-electron chi connectivity index (χ4n) is 3.32. The average molecular weight is 425 g/mol. The molecule has 0 aliphatic heterocycles. The monoisotopic (exact) mass is 425 g/mol. The minimum absolute atomic E-state index is 0.0309. The van der Waals surface area contributed by atoms with Crippen LogP contribution in [0.2, 0.25) is 0 Å². The van der Waals surface area contributed by atoms with E-state index in [1.54, 1.807) is 30.6 Å². The first-order chi connectivity index (χ1) is 15.5. The van der Waals surface area contributed by atoms with Crippen LogP contribution in [-0.2, 0) is 11.2 Å². The zero-order chi connectivity index (χ0) is 22.7. The number of nitrogens with one attached hydrogen (secondary N) is 1. The maximum Gasteiger partial charge on any atom is 0.230 e. The number of carbonyl (C=O) groups excluding carboxylic acids is 2. The summed E-state index contributed by atoms with van der Waals surface area (Å²) in [6.07, 6.45) is 9.23. The van der Waals surface area contributed by atoms with E-state index in [1.807, 2.05) is 24.5 Å². The van der Waals surface area contributed by atoms with Crippen molar-refractivity contribution in [3.05, 3.63) is 77.9 Å². The molecular formula is C23H19N7O2. The number of rotatable bonds is 6. The summed E-state index contributed by atoms with van der Waals surface area (Å²) < 4.78 is 1.92. The van der Waals surface area contributed by atoms with E-state index in [2.05, 4.69) is 25.3 Å². The number of fused-ring (bicyclic) bond motifs is 1. The van der Waals surface area contributed by atoms with Gasteiger partial charge >= 0.3 is 0 Å². The summed E-state index contributed by atoms with van der Waals surface area (Å²) in [4.78, 5) is 42.2. The Morgan fingerprint density at radius 3 is 2.69 bits per heavy atom. The smallest absolute Gasteiger partial charge is 0.230 e. The number of hydrogen-bond donors (Lipinski definition) is 1. The molecule has 0 aromatic carbocycles. The molecule has 4 aromatic rings. The number of nitrogens with zero attached hydrogens (tertiary/aromatic N) is 6. The number of nitriles is 1. The van der Waals surface area contributed by atoms with Gasteiger partial charge < -0.3 is 9.88 Å². The molecule has 9 nitrogen and oxygen atoms in total. The Morgan fingerprint density at radius 1 is 1.12 bits per heavy atom. The largest absolute Gasteiger partial charge is 0.329 e. The van der Waals surface area contributed by atoms with Gasteiger partial charge in [0.15, 0.2) is 5.78 Å². The molecule has 0 saturated heterocycles. The van der Waals surface area contributed by atoms with Gasteiger partial charge in [0.1, 0.15) is 18.0 Å². The highest BCUT2D eigenvalue weighted by atomic mass is 16.1. The number of pyridine rings is 2. The van der Waals surface area contributed by atoms with E-state index in [0.717, 1.165) is 0 Å². The van der Waals surface area contributed by atoms with Gasteiger partial charge in [-0.25, -0.2) is 9.97 Å². The molecule has 0 atom stereocenters. The summed E-state index contributed by atoms with van der Waals surface area (Å²) in [6.45, 7) is 4.02. The summed E-state index contributed by atoms with van der Waals surface area (Å²) in [6, 6.07) is 6.92. The van der Waals surface area contributed by atoms with Gasteiger partial charge in [0.25, 0.3) is 0 Å². The number of ketones is 1. The van der Waals surface area contributed by atoms with Crippen molar-refractivity contribution in [2.75, 3.05) is 5.32 Å². The van der Waals surface area contributed by atoms with E-state index in [4.69, 9.17) is 5.26 Å². The maximum atomic E-state index is 13.2. The molecule has 32 heavy (non-hydrogen) atoms. The average Bonchev–Trinajstić information content (AvgIpc) is 3.19. The minimum Gasteiger partial charge on any atom is -0.329 e. The van der Waals surface area contributed by atoms with Crippen LogP contribution in [0.4, 0.5) is 5.69 Å². The molecule has 0 unspecified atom stereocenters. The number of aromatic nitrogens is 5. The predicted molar refractivity (Wildman–Crippen MR) is 117 cm³/mol. The second-order valence-corrected chi connectivity index (χ2v) is 7.47. The fourth-order valence-corrected chi connectivity index (χ4v) is 3.32. The first-order valence-corrected chi connectivity index (χ1v) is 9.91.